The van der Waals surface area contributed by atoms with Gasteiger partial charge in [0.05, 0.1) is 19.6 Å². The van der Waals surface area contributed by atoms with E-state index in [-0.39, 0.29) is 17.4 Å². The van der Waals surface area contributed by atoms with Crippen molar-refractivity contribution in [1.29, 1.82) is 0 Å². The largest absolute Gasteiger partial charge is 0.468 e. The Labute approximate surface area is 152 Å². The van der Waals surface area contributed by atoms with Crippen LogP contribution < -0.4 is 15.6 Å². The maximum atomic E-state index is 12.4. The fraction of sp³-hybridized carbons (Fsp3) is 0.643. The number of rotatable bonds is 6. The Morgan fingerprint density at radius 1 is 1.35 bits per heavy atom. The zero-order valence-corrected chi connectivity index (χ0v) is 14.8. The van der Waals surface area contributed by atoms with Crippen LogP contribution in [0.4, 0.5) is 5.82 Å². The average Bonchev–Trinajstić information content (AvgIpc) is 2.64. The molecule has 1 fully saturated rings. The topological polar surface area (TPSA) is 163 Å². The number of halogens is 1. The maximum Gasteiger partial charge on any atom is 0.300 e. The van der Waals surface area contributed by atoms with Crippen molar-refractivity contribution < 1.29 is 34.7 Å². The second-order valence-corrected chi connectivity index (χ2v) is 5.90. The van der Waals surface area contributed by atoms with Gasteiger partial charge in [0.25, 0.3) is 5.56 Å². The van der Waals surface area contributed by atoms with Gasteiger partial charge >= 0.3 is 6.01 Å². The normalized spacial score (nSPS) is 28.7. The quantitative estimate of drug-likeness (QED) is 0.256. The Bertz CT molecular complexity index is 725. The van der Waals surface area contributed by atoms with Crippen LogP contribution in [-0.4, -0.2) is 86.0 Å². The molecule has 0 bridgehead atoms. The number of ketones is 1. The minimum absolute atomic E-state index is 0.131. The Hall–Kier alpha value is -1.76. The first-order valence-corrected chi connectivity index (χ1v) is 8.11. The molecule has 0 spiro atoms. The fourth-order valence-corrected chi connectivity index (χ4v) is 2.68. The van der Waals surface area contributed by atoms with Gasteiger partial charge < -0.3 is 35.2 Å². The predicted molar refractivity (Wildman–Crippen MR) is 88.5 cm³/mol. The molecule has 0 aliphatic carbocycles. The molecule has 1 saturated heterocycles. The molecule has 2 rings (SSSR count). The second kappa shape index (κ2) is 8.29. The number of alkyl halides is 1. The lowest BCUT2D eigenvalue weighted by molar-refractivity contribution is -0.221. The Morgan fingerprint density at radius 2 is 2.00 bits per heavy atom. The van der Waals surface area contributed by atoms with Crippen LogP contribution in [0, 0.1) is 0 Å². The summed E-state index contributed by atoms with van der Waals surface area (Å²) < 4.78 is 11.3. The van der Waals surface area contributed by atoms with E-state index in [1.54, 1.807) is 0 Å². The molecule has 0 unspecified atom stereocenters. The molecule has 26 heavy (non-hydrogen) atoms. The second-order valence-electron chi connectivity index (χ2n) is 5.64. The van der Waals surface area contributed by atoms with Gasteiger partial charge in [0.1, 0.15) is 35.8 Å². The standard InChI is InChI=1S/C14H20ClN3O8/c1-18-13(24)7(5(20)3-15)11(17-14(18)25-2)16-12-10(23)9(22)8(21)6(4-19)26-12/h6,8-10,12,16,19,21-23H,3-4H2,1-2H3/t6-,8+,9+,10+,12-/m0/s1. The van der Waals surface area contributed by atoms with Crippen molar-refractivity contribution in [2.45, 2.75) is 30.6 Å². The monoisotopic (exact) mass is 393 g/mol. The van der Waals surface area contributed by atoms with E-state index >= 15 is 0 Å². The SMILES string of the molecule is COc1nc(N[C@H]2O[C@@H](CO)[C@@H](O)[C@@H](O)[C@H]2O)c(C(=O)CCl)c(=O)n1C. The first-order valence-electron chi connectivity index (χ1n) is 7.58. The highest BCUT2D eigenvalue weighted by atomic mass is 35.5. The van der Waals surface area contributed by atoms with Gasteiger partial charge in [-0.25, -0.2) is 0 Å². The summed E-state index contributed by atoms with van der Waals surface area (Å²) in [5, 5.41) is 41.5. The fourth-order valence-electron chi connectivity index (χ4n) is 2.54. The third-order valence-electron chi connectivity index (χ3n) is 4.00. The van der Waals surface area contributed by atoms with Crippen molar-refractivity contribution >= 4 is 23.2 Å². The highest BCUT2D eigenvalue weighted by Crippen LogP contribution is 2.24. The van der Waals surface area contributed by atoms with E-state index in [2.05, 4.69) is 10.3 Å². The minimum atomic E-state index is -1.64. The van der Waals surface area contributed by atoms with E-state index in [1.165, 1.54) is 14.2 Å². The number of aliphatic hydroxyl groups is 4. The molecule has 5 atom stereocenters. The number of hydrogen-bond acceptors (Lipinski definition) is 10. The van der Waals surface area contributed by atoms with Crippen LogP contribution in [0.2, 0.25) is 0 Å². The van der Waals surface area contributed by atoms with E-state index in [9.17, 15) is 30.0 Å². The minimum Gasteiger partial charge on any atom is -0.468 e. The van der Waals surface area contributed by atoms with E-state index < -0.39 is 54.5 Å². The number of carbonyl (C=O) groups excluding carboxylic acids is 1. The molecule has 0 radical (unpaired) electrons. The van der Waals surface area contributed by atoms with E-state index in [1.807, 2.05) is 0 Å². The highest BCUT2D eigenvalue weighted by molar-refractivity contribution is 6.31. The van der Waals surface area contributed by atoms with Crippen LogP contribution in [0.15, 0.2) is 4.79 Å². The number of hydrogen-bond donors (Lipinski definition) is 5. The van der Waals surface area contributed by atoms with Crippen molar-refractivity contribution in [3.63, 3.8) is 0 Å². The summed E-state index contributed by atoms with van der Waals surface area (Å²) in [7, 11) is 2.61. The number of aliphatic hydroxyl groups excluding tert-OH is 4. The molecule has 0 saturated carbocycles. The Balaban J connectivity index is 2.46. The van der Waals surface area contributed by atoms with Gasteiger partial charge in [-0.1, -0.05) is 0 Å². The molecule has 11 nitrogen and oxygen atoms in total. The molecule has 2 heterocycles. The smallest absolute Gasteiger partial charge is 0.300 e. The van der Waals surface area contributed by atoms with Gasteiger partial charge in [0.2, 0.25) is 0 Å². The lowest BCUT2D eigenvalue weighted by Crippen LogP contribution is -2.60. The van der Waals surface area contributed by atoms with Gasteiger partial charge in [-0.05, 0) is 0 Å². The molecular formula is C14H20ClN3O8. The number of carbonyl (C=O) groups is 1. The van der Waals surface area contributed by atoms with E-state index in [4.69, 9.17) is 21.1 Å². The summed E-state index contributed by atoms with van der Waals surface area (Å²) >= 11 is 5.54. The summed E-state index contributed by atoms with van der Waals surface area (Å²) in [6, 6.07) is -0.131. The predicted octanol–water partition coefficient (Wildman–Crippen LogP) is -2.58. The van der Waals surface area contributed by atoms with Crippen LogP contribution in [-0.2, 0) is 11.8 Å². The third kappa shape index (κ3) is 3.68. The third-order valence-corrected chi connectivity index (χ3v) is 4.25. The molecule has 1 aliphatic heterocycles. The summed E-state index contributed by atoms with van der Waals surface area (Å²) in [6.45, 7) is -0.635. The first kappa shape index (κ1) is 20.6. The number of ether oxygens (including phenoxy) is 2. The Kier molecular flexibility index (Phi) is 6.55. The first-order chi connectivity index (χ1) is 12.3. The maximum absolute atomic E-state index is 12.4. The zero-order valence-electron chi connectivity index (χ0n) is 14.0. The lowest BCUT2D eigenvalue weighted by Gasteiger charge is -2.40. The molecule has 0 aromatic carbocycles. The van der Waals surface area contributed by atoms with Crippen LogP contribution in [0.5, 0.6) is 6.01 Å². The number of Topliss-reactive ketones (excluding diaryl/α,β-unsaturated/α-hetero) is 1. The van der Waals surface area contributed by atoms with Crippen LogP contribution in [0.3, 0.4) is 0 Å². The zero-order chi connectivity index (χ0) is 19.6. The van der Waals surface area contributed by atoms with Crippen molar-refractivity contribution in [2.75, 3.05) is 24.9 Å². The molecule has 12 heteroatoms. The van der Waals surface area contributed by atoms with E-state index in [0.717, 1.165) is 4.57 Å². The van der Waals surface area contributed by atoms with Gasteiger partial charge in [-0.2, -0.15) is 4.98 Å². The number of anilines is 1. The van der Waals surface area contributed by atoms with Crippen molar-refractivity contribution in [1.82, 2.24) is 9.55 Å². The van der Waals surface area contributed by atoms with Gasteiger partial charge in [-0.3, -0.25) is 14.2 Å². The van der Waals surface area contributed by atoms with Crippen LogP contribution in [0.25, 0.3) is 0 Å². The number of aromatic nitrogens is 2. The summed E-state index contributed by atoms with van der Waals surface area (Å²) in [6.07, 6.45) is -7.38. The summed E-state index contributed by atoms with van der Waals surface area (Å²) in [5.41, 5.74) is -1.13. The average molecular weight is 394 g/mol. The molecule has 5 N–H and O–H groups in total. The highest BCUT2D eigenvalue weighted by Gasteiger charge is 2.44. The molecule has 1 aromatic rings. The number of nitrogens with zero attached hydrogens (tertiary/aromatic N) is 2. The summed E-state index contributed by atoms with van der Waals surface area (Å²) in [4.78, 5) is 28.5. The van der Waals surface area contributed by atoms with Crippen LogP contribution in [0.1, 0.15) is 10.4 Å². The van der Waals surface area contributed by atoms with Crippen molar-refractivity contribution in [3.05, 3.63) is 15.9 Å². The van der Waals surface area contributed by atoms with Crippen molar-refractivity contribution in [3.8, 4) is 6.01 Å². The summed E-state index contributed by atoms with van der Waals surface area (Å²) in [5.74, 6) is -1.50. The lowest BCUT2D eigenvalue weighted by atomic mass is 9.98. The molecule has 1 aromatic heterocycles. The van der Waals surface area contributed by atoms with Crippen LogP contribution >= 0.6 is 11.6 Å². The number of methoxy groups -OCH3 is 1. The van der Waals surface area contributed by atoms with Gasteiger partial charge in [0, 0.05) is 7.05 Å². The molecular weight excluding hydrogens is 374 g/mol. The molecule has 0 amide bonds. The molecule has 1 aliphatic rings. The number of nitrogens with one attached hydrogen (secondary N) is 1. The van der Waals surface area contributed by atoms with E-state index in [0.29, 0.717) is 0 Å². The Morgan fingerprint density at radius 3 is 2.54 bits per heavy atom. The molecule has 146 valence electrons. The van der Waals surface area contributed by atoms with Gasteiger partial charge in [0.15, 0.2) is 12.0 Å². The van der Waals surface area contributed by atoms with Crippen molar-refractivity contribution in [2.24, 2.45) is 7.05 Å². The van der Waals surface area contributed by atoms with Gasteiger partial charge in [-0.15, -0.1) is 11.6 Å².